The van der Waals surface area contributed by atoms with Crippen LogP contribution in [-0.2, 0) is 20.1 Å². The van der Waals surface area contributed by atoms with Gasteiger partial charge in [0, 0.05) is 44.8 Å². The van der Waals surface area contributed by atoms with Crippen LogP contribution in [-0.4, -0.2) is 82.8 Å². The summed E-state index contributed by atoms with van der Waals surface area (Å²) in [6.07, 6.45) is 1.66. The average molecular weight is 613 g/mol. The zero-order valence-corrected chi connectivity index (χ0v) is 23.3. The number of aliphatic imine (C=N–C) groups is 1. The Labute approximate surface area is 238 Å². The van der Waals surface area contributed by atoms with Gasteiger partial charge in [-0.05, 0) is 12.1 Å². The molecule has 2 amide bonds. The second kappa shape index (κ2) is 12.8. The number of carboxylic acid groups (broad SMARTS) is 1. The van der Waals surface area contributed by atoms with Crippen LogP contribution in [0.3, 0.4) is 0 Å². The van der Waals surface area contributed by atoms with E-state index in [0.717, 1.165) is 22.1 Å². The standard InChI is InChI=1S/C20H24N10O5S4/c21-19(22)25-4-5-36-6-8-9(2-1-3-24-8)38-10-7-37-17-12(16(32)30(17)13(10)18(33)34)26-15(31)11(28-35)14-27-20(23)39-29-14/h1-3,11-12,17,28,35H,4-7H2,(H,26,31)(H,33,34)(H4,21,22,25)(H2,23,27,29)/t11?,12-,17+/m1/s1. The highest BCUT2D eigenvalue weighted by Crippen LogP contribution is 2.45. The Hall–Kier alpha value is -3.10. The van der Waals surface area contributed by atoms with Crippen molar-refractivity contribution in [3.8, 4) is 0 Å². The van der Waals surface area contributed by atoms with Gasteiger partial charge in [0.2, 0.25) is 5.91 Å². The summed E-state index contributed by atoms with van der Waals surface area (Å²) in [4.78, 5) is 52.7. The lowest BCUT2D eigenvalue weighted by Crippen LogP contribution is -2.71. The van der Waals surface area contributed by atoms with Crippen LogP contribution in [0.5, 0.6) is 0 Å². The Bertz CT molecular complexity index is 1320. The van der Waals surface area contributed by atoms with Crippen LogP contribution in [0.1, 0.15) is 17.6 Å². The molecule has 0 saturated carbocycles. The van der Waals surface area contributed by atoms with E-state index >= 15 is 0 Å². The van der Waals surface area contributed by atoms with E-state index in [1.165, 1.54) is 28.4 Å². The molecule has 1 fully saturated rings. The Kier molecular flexibility index (Phi) is 9.51. The third-order valence-corrected chi connectivity index (χ3v) is 9.53. The molecular formula is C20H24N10O5S4. The maximum atomic E-state index is 13.0. The number of β-lactam (4-membered cyclic amide) rings is 1. The Morgan fingerprint density at radius 1 is 1.36 bits per heavy atom. The number of pyridine rings is 1. The molecule has 3 atom stereocenters. The molecule has 1 unspecified atom stereocenters. The van der Waals surface area contributed by atoms with Gasteiger partial charge in [-0.2, -0.15) is 21.6 Å². The first-order chi connectivity index (χ1) is 18.7. The topological polar surface area (TPSA) is 248 Å². The first-order valence-corrected chi connectivity index (χ1v) is 15.0. The highest BCUT2D eigenvalue weighted by molar-refractivity contribution is 8.06. The van der Waals surface area contributed by atoms with Gasteiger partial charge in [0.1, 0.15) is 17.1 Å². The second-order valence-electron chi connectivity index (χ2n) is 7.94. The van der Waals surface area contributed by atoms with E-state index in [-0.39, 0.29) is 22.6 Å². The minimum Gasteiger partial charge on any atom is -0.477 e. The number of hydrogen-bond donors (Lipinski definition) is 7. The summed E-state index contributed by atoms with van der Waals surface area (Å²) in [5, 5.41) is 21.5. The Morgan fingerprint density at radius 2 is 2.15 bits per heavy atom. The van der Waals surface area contributed by atoms with E-state index in [0.29, 0.717) is 28.7 Å². The number of thioether (sulfide) groups is 3. The quantitative estimate of drug-likeness (QED) is 0.0526. The van der Waals surface area contributed by atoms with Crippen molar-refractivity contribution in [3.05, 3.63) is 40.5 Å². The van der Waals surface area contributed by atoms with Gasteiger partial charge in [-0.15, -0.1) is 11.8 Å². The molecule has 39 heavy (non-hydrogen) atoms. The zero-order valence-electron chi connectivity index (χ0n) is 20.0. The van der Waals surface area contributed by atoms with Gasteiger partial charge < -0.3 is 32.8 Å². The summed E-state index contributed by atoms with van der Waals surface area (Å²) in [6.45, 7) is 0.465. The van der Waals surface area contributed by atoms with Crippen molar-refractivity contribution in [2.75, 3.05) is 23.8 Å². The fourth-order valence-electron chi connectivity index (χ4n) is 3.67. The van der Waals surface area contributed by atoms with E-state index in [2.05, 4.69) is 24.7 Å². The van der Waals surface area contributed by atoms with Crippen molar-refractivity contribution in [2.24, 2.45) is 16.5 Å². The van der Waals surface area contributed by atoms with E-state index in [1.54, 1.807) is 24.0 Å². The predicted octanol–water partition coefficient (Wildman–Crippen LogP) is -0.470. The fraction of sp³-hybridized carbons (Fsp3) is 0.350. The number of nitrogens with two attached hydrogens (primary N) is 3. The molecule has 208 valence electrons. The number of amides is 2. The van der Waals surface area contributed by atoms with Crippen molar-refractivity contribution in [3.63, 3.8) is 0 Å². The van der Waals surface area contributed by atoms with Gasteiger partial charge in [0.25, 0.3) is 5.91 Å². The van der Waals surface area contributed by atoms with Crippen LogP contribution in [0.25, 0.3) is 0 Å². The molecule has 2 aliphatic heterocycles. The molecule has 4 heterocycles. The first kappa shape index (κ1) is 28.9. The lowest BCUT2D eigenvalue weighted by molar-refractivity contribution is -0.151. The number of aliphatic carboxylic acids is 1. The van der Waals surface area contributed by atoms with Crippen molar-refractivity contribution >= 4 is 75.7 Å². The summed E-state index contributed by atoms with van der Waals surface area (Å²) >= 11 is 4.99. The molecule has 0 bridgehead atoms. The van der Waals surface area contributed by atoms with Crippen molar-refractivity contribution in [2.45, 2.75) is 28.1 Å². The zero-order chi connectivity index (χ0) is 28.1. The monoisotopic (exact) mass is 612 g/mol. The molecule has 0 radical (unpaired) electrons. The molecule has 0 aliphatic carbocycles. The number of hydrogen-bond acceptors (Lipinski definition) is 14. The highest BCUT2D eigenvalue weighted by atomic mass is 32.2. The number of carboxylic acids is 1. The molecule has 19 heteroatoms. The summed E-state index contributed by atoms with van der Waals surface area (Å²) < 4.78 is 3.90. The van der Waals surface area contributed by atoms with Crippen molar-refractivity contribution in [1.82, 2.24) is 30.0 Å². The van der Waals surface area contributed by atoms with Crippen LogP contribution >= 0.6 is 46.8 Å². The normalized spacial score (nSPS) is 19.2. The van der Waals surface area contributed by atoms with E-state index < -0.39 is 35.2 Å². The molecule has 1 saturated heterocycles. The summed E-state index contributed by atoms with van der Waals surface area (Å²) in [5.41, 5.74) is 18.7. The minimum absolute atomic E-state index is 0.0276. The van der Waals surface area contributed by atoms with Gasteiger partial charge >= 0.3 is 5.97 Å². The molecule has 15 nitrogen and oxygen atoms in total. The molecule has 0 aromatic carbocycles. The van der Waals surface area contributed by atoms with Gasteiger partial charge in [-0.3, -0.25) is 24.5 Å². The van der Waals surface area contributed by atoms with Crippen LogP contribution in [0.4, 0.5) is 5.13 Å². The Balaban J connectivity index is 1.46. The van der Waals surface area contributed by atoms with Gasteiger partial charge in [0.15, 0.2) is 23.0 Å². The smallest absolute Gasteiger partial charge is 0.353 e. The largest absolute Gasteiger partial charge is 0.477 e. The number of carbonyl (C=O) groups is 3. The number of guanidine groups is 1. The van der Waals surface area contributed by atoms with Gasteiger partial charge in [-0.1, -0.05) is 11.8 Å². The number of nitrogens with zero attached hydrogens (tertiary/aromatic N) is 5. The lowest BCUT2D eigenvalue weighted by atomic mass is 10.0. The van der Waals surface area contributed by atoms with Crippen LogP contribution < -0.4 is 28.0 Å². The number of nitrogen functional groups attached to an aromatic ring is 1. The molecule has 2 aromatic rings. The molecule has 0 spiro atoms. The van der Waals surface area contributed by atoms with E-state index in [4.69, 9.17) is 17.2 Å². The highest BCUT2D eigenvalue weighted by Gasteiger charge is 2.54. The molecule has 2 aliphatic rings. The third-order valence-electron chi connectivity index (χ3n) is 5.39. The van der Waals surface area contributed by atoms with Crippen LogP contribution in [0, 0.1) is 0 Å². The van der Waals surface area contributed by atoms with Crippen LogP contribution in [0.15, 0.2) is 38.8 Å². The minimum atomic E-state index is -1.35. The molecule has 2 aromatic heterocycles. The maximum absolute atomic E-state index is 13.0. The summed E-state index contributed by atoms with van der Waals surface area (Å²) in [6, 6.07) is 1.25. The molecule has 10 N–H and O–H groups in total. The van der Waals surface area contributed by atoms with Crippen molar-refractivity contribution < 1.29 is 24.7 Å². The van der Waals surface area contributed by atoms with Gasteiger partial charge in [0.05, 0.1) is 12.2 Å². The second-order valence-corrected chi connectivity index (χ2v) is 12.1. The number of rotatable bonds is 12. The summed E-state index contributed by atoms with van der Waals surface area (Å²) in [7, 11) is 0. The number of hydroxylamine groups is 1. The van der Waals surface area contributed by atoms with Crippen LogP contribution in [0.2, 0.25) is 0 Å². The van der Waals surface area contributed by atoms with Crippen molar-refractivity contribution in [1.29, 1.82) is 0 Å². The number of fused-ring (bicyclic) bond motifs is 1. The number of aromatic nitrogens is 3. The van der Waals surface area contributed by atoms with Gasteiger partial charge in [-0.25, -0.2) is 9.78 Å². The number of nitrogens with one attached hydrogen (secondary N) is 2. The lowest BCUT2D eigenvalue weighted by Gasteiger charge is -2.49. The number of carbonyl (C=O) groups excluding carboxylic acids is 2. The number of anilines is 1. The SMILES string of the molecule is NC(N)=NCCSCc1ncccc1SC1=C(C(=O)O)N2C(=O)[C@@H](NC(=O)C(NO)c3nsc(N)n3)[C@@H]2SC1. The average Bonchev–Trinajstić information content (AvgIpc) is 3.33. The van der Waals surface area contributed by atoms with E-state index in [1.807, 2.05) is 11.5 Å². The first-order valence-electron chi connectivity index (χ1n) is 11.2. The summed E-state index contributed by atoms with van der Waals surface area (Å²) in [5.74, 6) is -1.09. The fourth-order valence-corrected chi connectivity index (χ4v) is 7.59. The third kappa shape index (κ3) is 6.56. The molecular weight excluding hydrogens is 589 g/mol. The molecule has 4 rings (SSSR count). The van der Waals surface area contributed by atoms with E-state index in [9.17, 15) is 24.7 Å². The maximum Gasteiger partial charge on any atom is 0.353 e. The predicted molar refractivity (Wildman–Crippen MR) is 149 cm³/mol. The Morgan fingerprint density at radius 3 is 2.82 bits per heavy atom.